The second-order valence-electron chi connectivity index (χ2n) is 6.58. The van der Waals surface area contributed by atoms with Gasteiger partial charge in [0.15, 0.2) is 0 Å². The molecular formula is C18H25N3O4S2. The van der Waals surface area contributed by atoms with Crippen molar-refractivity contribution in [1.82, 2.24) is 9.71 Å². The van der Waals surface area contributed by atoms with Crippen LogP contribution < -0.4 is 10.0 Å². The van der Waals surface area contributed by atoms with Crippen molar-refractivity contribution in [1.29, 1.82) is 0 Å². The van der Waals surface area contributed by atoms with Crippen molar-refractivity contribution in [2.75, 3.05) is 19.0 Å². The lowest BCUT2D eigenvalue weighted by Gasteiger charge is -2.13. The van der Waals surface area contributed by atoms with E-state index in [4.69, 9.17) is 4.74 Å². The molecule has 0 aliphatic carbocycles. The topological polar surface area (TPSA) is 97.4 Å². The summed E-state index contributed by atoms with van der Waals surface area (Å²) in [5.41, 5.74) is 1.21. The van der Waals surface area contributed by atoms with Crippen LogP contribution in [-0.2, 0) is 14.8 Å². The fourth-order valence-electron chi connectivity index (χ4n) is 2.40. The highest BCUT2D eigenvalue weighted by Gasteiger charge is 2.19. The van der Waals surface area contributed by atoms with Crippen LogP contribution in [0.4, 0.5) is 5.69 Å². The second-order valence-corrected chi connectivity index (χ2v) is 9.32. The van der Waals surface area contributed by atoms with Gasteiger partial charge >= 0.3 is 0 Å². The number of sulfonamides is 1. The van der Waals surface area contributed by atoms with Crippen LogP contribution in [0.3, 0.4) is 0 Å². The number of hydrogen-bond donors (Lipinski definition) is 2. The van der Waals surface area contributed by atoms with Gasteiger partial charge in [0.2, 0.25) is 10.0 Å². The molecule has 1 atom stereocenters. The lowest BCUT2D eigenvalue weighted by atomic mass is 10.2. The number of anilines is 1. The van der Waals surface area contributed by atoms with Crippen LogP contribution in [0, 0.1) is 6.92 Å². The van der Waals surface area contributed by atoms with E-state index < -0.39 is 10.0 Å². The maximum atomic E-state index is 12.5. The number of aryl methyl sites for hydroxylation is 1. The van der Waals surface area contributed by atoms with Gasteiger partial charge in [-0.3, -0.25) is 4.79 Å². The van der Waals surface area contributed by atoms with E-state index >= 15 is 0 Å². The van der Waals surface area contributed by atoms with Gasteiger partial charge in [0.25, 0.3) is 5.91 Å². The lowest BCUT2D eigenvalue weighted by Crippen LogP contribution is -2.35. The largest absolute Gasteiger partial charge is 0.383 e. The van der Waals surface area contributed by atoms with E-state index in [2.05, 4.69) is 15.0 Å². The molecule has 9 heteroatoms. The van der Waals surface area contributed by atoms with Gasteiger partial charge in [0, 0.05) is 24.8 Å². The first-order valence-electron chi connectivity index (χ1n) is 8.54. The number of nitrogens with zero attached hydrogens (tertiary/aromatic N) is 1. The lowest BCUT2D eigenvalue weighted by molar-refractivity contribution is 0.103. The average molecular weight is 412 g/mol. The van der Waals surface area contributed by atoms with Crippen molar-refractivity contribution in [3.63, 3.8) is 0 Å². The Balaban J connectivity index is 2.10. The maximum absolute atomic E-state index is 12.5. The fourth-order valence-corrected chi connectivity index (χ4v) is 4.59. The van der Waals surface area contributed by atoms with E-state index in [1.165, 1.54) is 30.6 Å². The van der Waals surface area contributed by atoms with Crippen molar-refractivity contribution in [2.24, 2.45) is 0 Å². The Hall–Kier alpha value is -1.81. The van der Waals surface area contributed by atoms with Gasteiger partial charge in [-0.05, 0) is 38.1 Å². The minimum Gasteiger partial charge on any atom is -0.383 e. The highest BCUT2D eigenvalue weighted by molar-refractivity contribution is 7.89. The molecule has 2 rings (SSSR count). The molecule has 148 valence electrons. The fraction of sp³-hybridized carbons (Fsp3) is 0.444. The number of methoxy groups -OCH3 is 1. The molecule has 0 radical (unpaired) electrons. The van der Waals surface area contributed by atoms with Crippen molar-refractivity contribution in [3.05, 3.63) is 39.8 Å². The van der Waals surface area contributed by atoms with Gasteiger partial charge in [0.05, 0.1) is 22.2 Å². The molecule has 27 heavy (non-hydrogen) atoms. The van der Waals surface area contributed by atoms with E-state index in [0.717, 1.165) is 5.01 Å². The van der Waals surface area contributed by atoms with E-state index in [-0.39, 0.29) is 29.4 Å². The Bertz CT molecular complexity index is 890. The molecule has 0 fully saturated rings. The molecule has 0 aliphatic rings. The van der Waals surface area contributed by atoms with Gasteiger partial charge in [-0.25, -0.2) is 18.1 Å². The van der Waals surface area contributed by atoms with E-state index in [1.54, 1.807) is 26.0 Å². The Morgan fingerprint density at radius 3 is 2.37 bits per heavy atom. The molecule has 1 heterocycles. The number of nitrogens with one attached hydrogen (secondary N) is 2. The third-order valence-corrected chi connectivity index (χ3v) is 6.77. The predicted molar refractivity (Wildman–Crippen MR) is 107 cm³/mol. The third kappa shape index (κ3) is 5.58. The Morgan fingerprint density at radius 1 is 1.22 bits per heavy atom. The summed E-state index contributed by atoms with van der Waals surface area (Å²) in [7, 11) is -2.13. The molecule has 1 aromatic heterocycles. The molecule has 2 N–H and O–H groups in total. The molecule has 1 unspecified atom stereocenters. The summed E-state index contributed by atoms with van der Waals surface area (Å²) in [4.78, 5) is 17.6. The number of hydrogen-bond acceptors (Lipinski definition) is 6. The summed E-state index contributed by atoms with van der Waals surface area (Å²) in [6, 6.07) is 5.69. The molecule has 2 aromatic rings. The number of aromatic nitrogens is 1. The quantitative estimate of drug-likeness (QED) is 0.695. The standard InChI is InChI=1S/C18H25N3O4S2/c1-11(2)18-19-13(4)16(26-18)17(22)20-14-6-8-15(9-7-14)27(23,24)21-12(3)10-25-5/h6-9,11-12,21H,10H2,1-5H3,(H,20,22). The SMILES string of the molecule is COCC(C)NS(=O)(=O)c1ccc(NC(=O)c2sc(C(C)C)nc2C)cc1. The monoisotopic (exact) mass is 411 g/mol. The highest BCUT2D eigenvalue weighted by atomic mass is 32.2. The number of benzene rings is 1. The predicted octanol–water partition coefficient (Wildman–Crippen LogP) is 3.14. The highest BCUT2D eigenvalue weighted by Crippen LogP contribution is 2.25. The van der Waals surface area contributed by atoms with E-state index in [9.17, 15) is 13.2 Å². The summed E-state index contributed by atoms with van der Waals surface area (Å²) in [6.45, 7) is 7.86. The van der Waals surface area contributed by atoms with Crippen LogP contribution in [0.1, 0.15) is 47.1 Å². The smallest absolute Gasteiger partial charge is 0.267 e. The van der Waals surface area contributed by atoms with Crippen LogP contribution in [0.2, 0.25) is 0 Å². The van der Waals surface area contributed by atoms with Crippen LogP contribution in [0.5, 0.6) is 0 Å². The van der Waals surface area contributed by atoms with Gasteiger partial charge in [-0.1, -0.05) is 13.8 Å². The zero-order valence-corrected chi connectivity index (χ0v) is 17.7. The van der Waals surface area contributed by atoms with E-state index in [0.29, 0.717) is 16.3 Å². The molecule has 1 aromatic carbocycles. The second kappa shape index (κ2) is 8.92. The molecular weight excluding hydrogens is 386 g/mol. The molecule has 0 spiro atoms. The number of carbonyl (C=O) groups is 1. The first-order chi connectivity index (χ1) is 12.6. The summed E-state index contributed by atoms with van der Waals surface area (Å²) < 4.78 is 32.1. The molecule has 0 bridgehead atoms. The van der Waals surface area contributed by atoms with Gasteiger partial charge < -0.3 is 10.1 Å². The third-order valence-electron chi connectivity index (χ3n) is 3.71. The van der Waals surface area contributed by atoms with Gasteiger partial charge in [-0.15, -0.1) is 11.3 Å². The van der Waals surface area contributed by atoms with Crippen LogP contribution in [0.25, 0.3) is 0 Å². The molecule has 1 amide bonds. The number of thiazole rings is 1. The van der Waals surface area contributed by atoms with Crippen molar-refractivity contribution in [3.8, 4) is 0 Å². The first kappa shape index (κ1) is 21.5. The maximum Gasteiger partial charge on any atom is 0.267 e. The number of ether oxygens (including phenoxy) is 1. The van der Waals surface area contributed by atoms with Crippen molar-refractivity contribution < 1.29 is 17.9 Å². The Morgan fingerprint density at radius 2 is 1.85 bits per heavy atom. The van der Waals surface area contributed by atoms with Crippen LogP contribution in [-0.4, -0.2) is 39.1 Å². The number of carbonyl (C=O) groups excluding carboxylic acids is 1. The zero-order valence-electron chi connectivity index (χ0n) is 16.1. The Kier molecular flexibility index (Phi) is 7.10. The average Bonchev–Trinajstić information content (AvgIpc) is 2.97. The van der Waals surface area contributed by atoms with E-state index in [1.807, 2.05) is 13.8 Å². The van der Waals surface area contributed by atoms with Gasteiger partial charge in [0.1, 0.15) is 4.88 Å². The molecule has 7 nitrogen and oxygen atoms in total. The van der Waals surface area contributed by atoms with Gasteiger partial charge in [-0.2, -0.15) is 0 Å². The molecule has 0 aliphatic heterocycles. The Labute approximate surface area is 164 Å². The van der Waals surface area contributed by atoms with Crippen molar-refractivity contribution in [2.45, 2.75) is 44.6 Å². The van der Waals surface area contributed by atoms with Crippen LogP contribution in [0.15, 0.2) is 29.2 Å². The molecule has 0 saturated heterocycles. The zero-order chi connectivity index (χ0) is 20.2. The summed E-state index contributed by atoms with van der Waals surface area (Å²) in [5, 5.41) is 3.70. The minimum atomic E-state index is -3.64. The number of rotatable bonds is 8. The normalized spacial score (nSPS) is 13.0. The van der Waals surface area contributed by atoms with Crippen LogP contribution >= 0.6 is 11.3 Å². The summed E-state index contributed by atoms with van der Waals surface area (Å²) in [5.74, 6) is 0.00656. The van der Waals surface area contributed by atoms with Crippen molar-refractivity contribution >= 4 is 33.0 Å². The first-order valence-corrected chi connectivity index (χ1v) is 10.8. The minimum absolute atomic E-state index is 0.125. The number of amides is 1. The molecule has 0 saturated carbocycles. The summed E-state index contributed by atoms with van der Waals surface area (Å²) >= 11 is 1.37. The summed E-state index contributed by atoms with van der Waals surface area (Å²) in [6.07, 6.45) is 0.